The minimum atomic E-state index is 0.627. The summed E-state index contributed by atoms with van der Waals surface area (Å²) in [6, 6.07) is 40.7. The van der Waals surface area contributed by atoms with E-state index in [-0.39, 0.29) is 0 Å². The van der Waals surface area contributed by atoms with Gasteiger partial charge in [0.2, 0.25) is 0 Å². The molecular weight excluding hydrogens is 600 g/mol. The first kappa shape index (κ1) is 24.0. The molecule has 0 aliphatic rings. The third-order valence-electron chi connectivity index (χ3n) is 6.56. The van der Waals surface area contributed by atoms with Gasteiger partial charge in [0, 0.05) is 20.3 Å². The fourth-order valence-electron chi connectivity index (χ4n) is 4.75. The third-order valence-corrected chi connectivity index (χ3v) is 7.62. The van der Waals surface area contributed by atoms with Crippen LogP contribution in [0.2, 0.25) is 0 Å². The second-order valence-electron chi connectivity index (χ2n) is 8.83. The topological polar surface area (TPSA) is 57.4 Å². The number of fused-ring (bicyclic) bond motifs is 1. The predicted octanol–water partition coefficient (Wildman–Crippen LogP) is 9.02. The molecule has 0 saturated carbocycles. The molecule has 0 spiro atoms. The van der Waals surface area contributed by atoms with Crippen LogP contribution in [0.3, 0.4) is 0 Å². The summed E-state index contributed by atoms with van der Waals surface area (Å²) >= 11 is 7.12. The van der Waals surface area contributed by atoms with Crippen LogP contribution < -0.4 is 0 Å². The Bertz CT molecular complexity index is 1720. The summed E-state index contributed by atoms with van der Waals surface area (Å²) in [6.45, 7) is 0. The van der Waals surface area contributed by atoms with Crippen LogP contribution in [0.1, 0.15) is 11.1 Å². The Kier molecular flexibility index (Phi) is 6.21. The maximum Gasteiger partial charge on any atom is 0.0991 e. The lowest BCUT2D eigenvalue weighted by Crippen LogP contribution is -1.97. The summed E-state index contributed by atoms with van der Waals surface area (Å²) in [4.78, 5) is 0. The highest BCUT2D eigenvalue weighted by Crippen LogP contribution is 2.39. The Morgan fingerprint density at radius 3 is 1.13 bits per heavy atom. The number of hydrogen-bond acceptors (Lipinski definition) is 2. The van der Waals surface area contributed by atoms with E-state index in [4.69, 9.17) is 0 Å². The van der Waals surface area contributed by atoms with Crippen molar-refractivity contribution in [3.63, 3.8) is 0 Å². The zero-order valence-corrected chi connectivity index (χ0v) is 23.1. The molecule has 6 aromatic rings. The number of nitrogens with zero attached hydrogens (tertiary/aromatic N) is 4. The standard InChI is InChI=1S/C32H18Br2N4/c33-25-9-13-27(14-10-25)37-29(23-5-1-21(19-35)2-6-23)17-31-32(37)18-30(24-7-3-22(20-36)4-8-24)38(31)28-15-11-26(34)12-16-28/h1-18H. The molecular formula is C32H18Br2N4. The minimum absolute atomic E-state index is 0.627. The van der Waals surface area contributed by atoms with Gasteiger partial charge in [-0.1, -0.05) is 56.1 Å². The van der Waals surface area contributed by atoms with Gasteiger partial charge in [-0.15, -0.1) is 0 Å². The molecule has 2 aromatic heterocycles. The van der Waals surface area contributed by atoms with Crippen LogP contribution in [0.15, 0.2) is 118 Å². The van der Waals surface area contributed by atoms with Crippen molar-refractivity contribution in [3.05, 3.63) is 129 Å². The fourth-order valence-corrected chi connectivity index (χ4v) is 5.27. The van der Waals surface area contributed by atoms with Gasteiger partial charge in [0.25, 0.3) is 0 Å². The van der Waals surface area contributed by atoms with Gasteiger partial charge in [-0.3, -0.25) is 0 Å². The normalized spacial score (nSPS) is 10.8. The van der Waals surface area contributed by atoms with Crippen molar-refractivity contribution < 1.29 is 0 Å². The van der Waals surface area contributed by atoms with E-state index in [0.717, 1.165) is 53.9 Å². The largest absolute Gasteiger partial charge is 0.308 e. The van der Waals surface area contributed by atoms with E-state index < -0.39 is 0 Å². The number of rotatable bonds is 4. The first-order valence-corrected chi connectivity index (χ1v) is 13.4. The van der Waals surface area contributed by atoms with Crippen LogP contribution in [0.25, 0.3) is 44.9 Å². The van der Waals surface area contributed by atoms with Crippen LogP contribution in [-0.2, 0) is 0 Å². The number of aromatic nitrogens is 2. The molecule has 4 aromatic carbocycles. The Labute approximate surface area is 236 Å². The first-order valence-electron chi connectivity index (χ1n) is 11.9. The summed E-state index contributed by atoms with van der Waals surface area (Å²) < 4.78 is 6.53. The molecule has 6 rings (SSSR count). The van der Waals surface area contributed by atoms with Crippen molar-refractivity contribution in [3.8, 4) is 46.0 Å². The summed E-state index contributed by atoms with van der Waals surface area (Å²) in [5, 5.41) is 18.6. The highest BCUT2D eigenvalue weighted by molar-refractivity contribution is 9.10. The molecule has 0 aliphatic heterocycles. The van der Waals surface area contributed by atoms with E-state index in [1.807, 2.05) is 72.8 Å². The van der Waals surface area contributed by atoms with Crippen molar-refractivity contribution >= 4 is 42.9 Å². The van der Waals surface area contributed by atoms with Gasteiger partial charge < -0.3 is 9.13 Å². The summed E-state index contributed by atoms with van der Waals surface area (Å²) in [5.74, 6) is 0. The van der Waals surface area contributed by atoms with Crippen LogP contribution in [0, 0.1) is 22.7 Å². The molecule has 0 atom stereocenters. The third kappa shape index (κ3) is 4.25. The van der Waals surface area contributed by atoms with Crippen LogP contribution in [0.5, 0.6) is 0 Å². The van der Waals surface area contributed by atoms with Crippen molar-refractivity contribution in [2.24, 2.45) is 0 Å². The Balaban J connectivity index is 1.68. The molecule has 0 fully saturated rings. The van der Waals surface area contributed by atoms with Gasteiger partial charge in [0.1, 0.15) is 0 Å². The average Bonchev–Trinajstić information content (AvgIpc) is 3.51. The van der Waals surface area contributed by atoms with Crippen molar-refractivity contribution in [2.75, 3.05) is 0 Å². The second kappa shape index (κ2) is 9.84. The number of halogens is 2. The Morgan fingerprint density at radius 2 is 0.816 bits per heavy atom. The molecule has 0 bridgehead atoms. The SMILES string of the molecule is N#Cc1ccc(-c2cc3c(cc(-c4ccc(C#N)cc4)n3-c3ccc(Br)cc3)n2-c2ccc(Br)cc2)cc1. The molecule has 0 radical (unpaired) electrons. The van der Waals surface area contributed by atoms with Crippen LogP contribution in [-0.4, -0.2) is 9.13 Å². The van der Waals surface area contributed by atoms with Gasteiger partial charge >= 0.3 is 0 Å². The monoisotopic (exact) mass is 616 g/mol. The van der Waals surface area contributed by atoms with Gasteiger partial charge in [0.15, 0.2) is 0 Å². The predicted molar refractivity (Wildman–Crippen MR) is 158 cm³/mol. The molecule has 180 valence electrons. The lowest BCUT2D eigenvalue weighted by Gasteiger charge is -2.12. The lowest BCUT2D eigenvalue weighted by atomic mass is 10.1. The first-order chi connectivity index (χ1) is 18.6. The zero-order chi connectivity index (χ0) is 26.2. The minimum Gasteiger partial charge on any atom is -0.308 e. The second-order valence-corrected chi connectivity index (χ2v) is 10.7. The zero-order valence-electron chi connectivity index (χ0n) is 19.9. The van der Waals surface area contributed by atoms with Gasteiger partial charge in [-0.05, 0) is 96.1 Å². The molecule has 0 unspecified atom stereocenters. The van der Waals surface area contributed by atoms with E-state index in [1.54, 1.807) is 0 Å². The van der Waals surface area contributed by atoms with E-state index in [0.29, 0.717) is 11.1 Å². The Hall–Kier alpha value is -4.36. The fraction of sp³-hybridized carbons (Fsp3) is 0. The summed E-state index contributed by atoms with van der Waals surface area (Å²) in [5.41, 5.74) is 9.51. The molecule has 0 aliphatic carbocycles. The maximum atomic E-state index is 9.31. The number of hydrogen-bond donors (Lipinski definition) is 0. The van der Waals surface area contributed by atoms with Gasteiger partial charge in [-0.2, -0.15) is 10.5 Å². The molecule has 4 nitrogen and oxygen atoms in total. The van der Waals surface area contributed by atoms with E-state index in [2.05, 4.69) is 89.5 Å². The summed E-state index contributed by atoms with van der Waals surface area (Å²) in [7, 11) is 0. The highest BCUT2D eigenvalue weighted by atomic mass is 79.9. The number of nitriles is 2. The highest BCUT2D eigenvalue weighted by Gasteiger charge is 2.21. The van der Waals surface area contributed by atoms with E-state index >= 15 is 0 Å². The van der Waals surface area contributed by atoms with E-state index in [9.17, 15) is 10.5 Å². The Morgan fingerprint density at radius 1 is 0.474 bits per heavy atom. The molecule has 2 heterocycles. The lowest BCUT2D eigenvalue weighted by molar-refractivity contribution is 1.13. The van der Waals surface area contributed by atoms with E-state index in [1.165, 1.54) is 0 Å². The number of benzene rings is 4. The molecule has 0 saturated heterocycles. The molecule has 0 amide bonds. The van der Waals surface area contributed by atoms with Gasteiger partial charge in [0.05, 0.1) is 45.7 Å². The van der Waals surface area contributed by atoms with Crippen molar-refractivity contribution in [1.29, 1.82) is 10.5 Å². The van der Waals surface area contributed by atoms with Crippen LogP contribution in [0.4, 0.5) is 0 Å². The van der Waals surface area contributed by atoms with Crippen molar-refractivity contribution in [1.82, 2.24) is 9.13 Å². The molecule has 6 heteroatoms. The molecule has 0 N–H and O–H groups in total. The van der Waals surface area contributed by atoms with Crippen LogP contribution >= 0.6 is 31.9 Å². The average molecular weight is 618 g/mol. The quantitative estimate of drug-likeness (QED) is 0.198. The molecule has 38 heavy (non-hydrogen) atoms. The van der Waals surface area contributed by atoms with Crippen molar-refractivity contribution in [2.45, 2.75) is 0 Å². The van der Waals surface area contributed by atoms with Gasteiger partial charge in [-0.25, -0.2) is 0 Å². The maximum absolute atomic E-state index is 9.31. The summed E-state index contributed by atoms with van der Waals surface area (Å²) in [6.07, 6.45) is 0. The smallest absolute Gasteiger partial charge is 0.0991 e.